The third-order valence-corrected chi connectivity index (χ3v) is 1.69. The number of nitrogen functional groups attached to an aromatic ring is 1. The summed E-state index contributed by atoms with van der Waals surface area (Å²) < 4.78 is 13.1. The first-order valence-corrected chi connectivity index (χ1v) is 3.58. The van der Waals surface area contributed by atoms with Gasteiger partial charge in [-0.1, -0.05) is 12.1 Å². The Kier molecular flexibility index (Phi) is 1.43. The van der Waals surface area contributed by atoms with Gasteiger partial charge in [0.25, 0.3) is 0 Å². The number of benzene rings is 1. The van der Waals surface area contributed by atoms with Gasteiger partial charge in [-0.2, -0.15) is 0 Å². The first kappa shape index (κ1) is 7.03. The van der Waals surface area contributed by atoms with Gasteiger partial charge in [-0.15, -0.1) is 0 Å². The van der Waals surface area contributed by atoms with Crippen LogP contribution in [-0.2, 0) is 0 Å². The van der Waals surface area contributed by atoms with E-state index in [2.05, 4.69) is 4.98 Å². The zero-order valence-corrected chi connectivity index (χ0v) is 6.29. The first-order valence-electron chi connectivity index (χ1n) is 3.58. The van der Waals surface area contributed by atoms with Crippen LogP contribution >= 0.6 is 0 Å². The van der Waals surface area contributed by atoms with Gasteiger partial charge in [-0.3, -0.25) is 0 Å². The van der Waals surface area contributed by atoms with E-state index < -0.39 is 0 Å². The van der Waals surface area contributed by atoms with Gasteiger partial charge in [0.2, 0.25) is 0 Å². The molecular weight excluding hydrogens is 155 g/mol. The van der Waals surface area contributed by atoms with Crippen LogP contribution in [0.2, 0.25) is 0 Å². The Morgan fingerprint density at radius 2 is 2.00 bits per heavy atom. The highest BCUT2D eigenvalue weighted by molar-refractivity contribution is 5.80. The fraction of sp³-hybridized carbons (Fsp3) is 0. The van der Waals surface area contributed by atoms with Gasteiger partial charge < -0.3 is 5.73 Å². The molecule has 0 saturated heterocycles. The molecule has 2 rings (SSSR count). The quantitative estimate of drug-likeness (QED) is 0.643. The summed E-state index contributed by atoms with van der Waals surface area (Å²) >= 11 is 0. The third-order valence-electron chi connectivity index (χ3n) is 1.69. The second kappa shape index (κ2) is 2.44. The summed E-state index contributed by atoms with van der Waals surface area (Å²) in [5.74, 6) is -0.107. The number of hydrogen-bond acceptors (Lipinski definition) is 2. The molecule has 0 aliphatic rings. The summed E-state index contributed by atoms with van der Waals surface area (Å²) in [5.41, 5.74) is 5.97. The Morgan fingerprint density at radius 1 is 1.25 bits per heavy atom. The maximum absolute atomic E-state index is 13.1. The molecule has 0 radical (unpaired) electrons. The number of halogens is 1. The Morgan fingerprint density at radius 3 is 2.83 bits per heavy atom. The Bertz CT molecular complexity index is 426. The molecule has 0 aliphatic carbocycles. The molecule has 3 heteroatoms. The summed E-state index contributed by atoms with van der Waals surface area (Å²) in [6, 6.07) is 8.20. The lowest BCUT2D eigenvalue weighted by Gasteiger charge is -1.98. The number of fused-ring (bicyclic) bond motifs is 1. The van der Waals surface area contributed by atoms with Crippen LogP contribution in [0.1, 0.15) is 0 Å². The zero-order valence-electron chi connectivity index (χ0n) is 6.29. The van der Waals surface area contributed by atoms with Gasteiger partial charge in [-0.05, 0) is 12.1 Å². The predicted molar refractivity (Wildman–Crippen MR) is 46.1 cm³/mol. The summed E-state index contributed by atoms with van der Waals surface area (Å²) in [4.78, 5) is 3.97. The van der Waals surface area contributed by atoms with Gasteiger partial charge in [-0.25, -0.2) is 9.37 Å². The number of anilines is 1. The van der Waals surface area contributed by atoms with Gasteiger partial charge in [0.05, 0.1) is 5.52 Å². The van der Waals surface area contributed by atoms with Crippen LogP contribution in [-0.4, -0.2) is 4.98 Å². The largest absolute Gasteiger partial charge is 0.384 e. The van der Waals surface area contributed by atoms with Crippen LogP contribution < -0.4 is 5.73 Å². The van der Waals surface area contributed by atoms with Crippen LogP contribution in [0, 0.1) is 5.82 Å². The topological polar surface area (TPSA) is 38.9 Å². The summed E-state index contributed by atoms with van der Waals surface area (Å²) in [5, 5.41) is 0.506. The highest BCUT2D eigenvalue weighted by Gasteiger charge is 2.01. The molecule has 2 N–H and O–H groups in total. The molecule has 2 aromatic rings. The standard InChI is InChI=1S/C9H7FN2/c10-7-5-9(11)12-8-4-2-1-3-6(7)8/h1-5H,(H2,11,12). The molecule has 0 amide bonds. The average molecular weight is 162 g/mol. The molecule has 0 bridgehead atoms. The SMILES string of the molecule is Nc1cc(F)c2ccccc2n1. The molecule has 1 aromatic heterocycles. The van der Waals surface area contributed by atoms with Gasteiger partial charge >= 0.3 is 0 Å². The van der Waals surface area contributed by atoms with E-state index in [0.717, 1.165) is 0 Å². The fourth-order valence-electron chi connectivity index (χ4n) is 1.15. The lowest BCUT2D eigenvalue weighted by Crippen LogP contribution is -1.92. The minimum atomic E-state index is -0.321. The first-order chi connectivity index (χ1) is 5.77. The molecular formula is C9H7FN2. The molecule has 0 spiro atoms. The number of rotatable bonds is 0. The Balaban J connectivity index is 2.89. The maximum atomic E-state index is 13.1. The molecule has 0 atom stereocenters. The van der Waals surface area contributed by atoms with Crippen molar-refractivity contribution < 1.29 is 4.39 Å². The van der Waals surface area contributed by atoms with Crippen LogP contribution in [0.25, 0.3) is 10.9 Å². The number of nitrogens with two attached hydrogens (primary N) is 1. The molecule has 60 valence electrons. The summed E-state index contributed by atoms with van der Waals surface area (Å²) in [6.45, 7) is 0. The van der Waals surface area contributed by atoms with Gasteiger partial charge in [0, 0.05) is 11.5 Å². The van der Waals surface area contributed by atoms with Crippen molar-refractivity contribution in [1.29, 1.82) is 0 Å². The smallest absolute Gasteiger partial charge is 0.136 e. The van der Waals surface area contributed by atoms with Crippen molar-refractivity contribution >= 4 is 16.7 Å². The van der Waals surface area contributed by atoms with Crippen molar-refractivity contribution in [2.75, 3.05) is 5.73 Å². The normalized spacial score (nSPS) is 10.4. The van der Waals surface area contributed by atoms with Crippen LogP contribution in [0.15, 0.2) is 30.3 Å². The van der Waals surface area contributed by atoms with E-state index in [4.69, 9.17) is 5.73 Å². The lowest BCUT2D eigenvalue weighted by atomic mass is 10.2. The van der Waals surface area contributed by atoms with Crippen molar-refractivity contribution in [2.45, 2.75) is 0 Å². The third kappa shape index (κ3) is 0.993. The lowest BCUT2D eigenvalue weighted by molar-refractivity contribution is 0.639. The molecule has 0 fully saturated rings. The Labute approximate surface area is 68.8 Å². The van der Waals surface area contributed by atoms with E-state index in [1.54, 1.807) is 24.3 Å². The fourth-order valence-corrected chi connectivity index (χ4v) is 1.15. The van der Waals surface area contributed by atoms with Crippen LogP contribution in [0.4, 0.5) is 10.2 Å². The van der Waals surface area contributed by atoms with E-state index in [1.165, 1.54) is 6.07 Å². The van der Waals surface area contributed by atoms with E-state index in [-0.39, 0.29) is 11.6 Å². The van der Waals surface area contributed by atoms with E-state index in [0.29, 0.717) is 10.9 Å². The Hall–Kier alpha value is -1.64. The van der Waals surface area contributed by atoms with Crippen LogP contribution in [0.3, 0.4) is 0 Å². The summed E-state index contributed by atoms with van der Waals surface area (Å²) in [6.07, 6.45) is 0. The van der Waals surface area contributed by atoms with E-state index in [1.807, 2.05) is 0 Å². The van der Waals surface area contributed by atoms with Crippen LogP contribution in [0.5, 0.6) is 0 Å². The number of para-hydroxylation sites is 1. The summed E-state index contributed by atoms with van der Waals surface area (Å²) in [7, 11) is 0. The van der Waals surface area contributed by atoms with Gasteiger partial charge in [0.15, 0.2) is 0 Å². The molecule has 0 aliphatic heterocycles. The van der Waals surface area contributed by atoms with Crippen molar-refractivity contribution in [3.05, 3.63) is 36.1 Å². The van der Waals surface area contributed by atoms with Gasteiger partial charge in [0.1, 0.15) is 11.6 Å². The number of nitrogens with zero attached hydrogens (tertiary/aromatic N) is 1. The maximum Gasteiger partial charge on any atom is 0.136 e. The average Bonchev–Trinajstić information content (AvgIpc) is 2.04. The van der Waals surface area contributed by atoms with E-state index in [9.17, 15) is 4.39 Å². The second-order valence-electron chi connectivity index (χ2n) is 2.55. The molecule has 2 nitrogen and oxygen atoms in total. The molecule has 0 saturated carbocycles. The minimum absolute atomic E-state index is 0.214. The number of hydrogen-bond donors (Lipinski definition) is 1. The monoisotopic (exact) mass is 162 g/mol. The number of pyridine rings is 1. The van der Waals surface area contributed by atoms with Crippen molar-refractivity contribution in [3.63, 3.8) is 0 Å². The highest BCUT2D eigenvalue weighted by Crippen LogP contribution is 2.16. The predicted octanol–water partition coefficient (Wildman–Crippen LogP) is 1.96. The van der Waals surface area contributed by atoms with Crippen molar-refractivity contribution in [1.82, 2.24) is 4.98 Å². The second-order valence-corrected chi connectivity index (χ2v) is 2.55. The van der Waals surface area contributed by atoms with Crippen molar-refractivity contribution in [2.24, 2.45) is 0 Å². The van der Waals surface area contributed by atoms with Crippen molar-refractivity contribution in [3.8, 4) is 0 Å². The van der Waals surface area contributed by atoms with E-state index >= 15 is 0 Å². The highest BCUT2D eigenvalue weighted by atomic mass is 19.1. The molecule has 1 heterocycles. The molecule has 0 unspecified atom stereocenters. The minimum Gasteiger partial charge on any atom is -0.384 e. The molecule has 12 heavy (non-hydrogen) atoms. The number of aromatic nitrogens is 1. The zero-order chi connectivity index (χ0) is 8.55. The molecule has 1 aromatic carbocycles.